The highest BCUT2D eigenvalue weighted by molar-refractivity contribution is 5.68. The number of aliphatic carboxylic acids is 1. The number of hydrogen-bond acceptors (Lipinski definition) is 5. The first kappa shape index (κ1) is 14.7. The number of nitrogens with two attached hydrogens (primary N) is 1. The molecular weight excluding hydrogens is 284 g/mol. The number of ether oxygens (including phenoxy) is 1. The number of carboxylic acids is 1. The molecule has 2 aromatic rings. The molecule has 3 rings (SSSR count). The normalized spacial score (nSPS) is 17.8. The number of aromatic nitrogens is 3. The van der Waals surface area contributed by atoms with E-state index in [-0.39, 0.29) is 12.5 Å². The van der Waals surface area contributed by atoms with Gasteiger partial charge in [0.05, 0.1) is 6.61 Å². The van der Waals surface area contributed by atoms with Crippen molar-refractivity contribution in [3.63, 3.8) is 0 Å². The predicted octanol–water partition coefficient (Wildman–Crippen LogP) is 0.992. The lowest BCUT2D eigenvalue weighted by Crippen LogP contribution is -2.12. The van der Waals surface area contributed by atoms with Crippen molar-refractivity contribution in [2.75, 3.05) is 13.2 Å². The lowest BCUT2D eigenvalue weighted by atomic mass is 10.1. The molecule has 1 aliphatic heterocycles. The van der Waals surface area contributed by atoms with E-state index in [0.29, 0.717) is 31.4 Å². The highest BCUT2D eigenvalue weighted by Gasteiger charge is 2.24. The summed E-state index contributed by atoms with van der Waals surface area (Å²) in [4.78, 5) is 15.6. The Labute approximate surface area is 127 Å². The Hall–Kier alpha value is -2.25. The van der Waals surface area contributed by atoms with Crippen LogP contribution in [0.3, 0.4) is 0 Å². The summed E-state index contributed by atoms with van der Waals surface area (Å²) in [6.07, 6.45) is 0.864. The largest absolute Gasteiger partial charge is 0.480 e. The standard InChI is InChI=1S/C15H18N4O3/c16-7-10-1-3-11(4-2-10)15-17-14(12-5-6-22-9-12)18-19(15)8-13(20)21/h1-4,12H,5-9,16H2,(H,20,21)/t12-/m1/s1. The van der Waals surface area contributed by atoms with Crippen LogP contribution in [0.5, 0.6) is 0 Å². The Kier molecular flexibility index (Phi) is 4.17. The minimum atomic E-state index is -0.945. The van der Waals surface area contributed by atoms with E-state index in [1.165, 1.54) is 4.68 Å². The van der Waals surface area contributed by atoms with Gasteiger partial charge in [-0.1, -0.05) is 24.3 Å². The summed E-state index contributed by atoms with van der Waals surface area (Å²) < 4.78 is 6.80. The molecule has 0 amide bonds. The summed E-state index contributed by atoms with van der Waals surface area (Å²) in [5, 5.41) is 13.4. The van der Waals surface area contributed by atoms with Crippen molar-refractivity contribution in [2.45, 2.75) is 25.4 Å². The SMILES string of the molecule is NCc1ccc(-c2nc([C@@H]3CCOC3)nn2CC(=O)O)cc1. The fourth-order valence-electron chi connectivity index (χ4n) is 2.51. The van der Waals surface area contributed by atoms with Crippen LogP contribution in [-0.2, 0) is 22.6 Å². The van der Waals surface area contributed by atoms with Crippen molar-refractivity contribution in [1.82, 2.24) is 14.8 Å². The van der Waals surface area contributed by atoms with Crippen LogP contribution in [0, 0.1) is 0 Å². The highest BCUT2D eigenvalue weighted by atomic mass is 16.5. The third-order valence-corrected chi connectivity index (χ3v) is 3.72. The van der Waals surface area contributed by atoms with Gasteiger partial charge < -0.3 is 15.6 Å². The molecule has 116 valence electrons. The quantitative estimate of drug-likeness (QED) is 0.853. The van der Waals surface area contributed by atoms with Crippen molar-refractivity contribution in [2.24, 2.45) is 5.73 Å². The summed E-state index contributed by atoms with van der Waals surface area (Å²) in [5.41, 5.74) is 7.44. The van der Waals surface area contributed by atoms with Crippen LogP contribution in [0.15, 0.2) is 24.3 Å². The molecular formula is C15H18N4O3. The van der Waals surface area contributed by atoms with Crippen molar-refractivity contribution < 1.29 is 14.6 Å². The fourth-order valence-corrected chi connectivity index (χ4v) is 2.51. The second kappa shape index (κ2) is 6.25. The van der Waals surface area contributed by atoms with E-state index in [1.807, 2.05) is 24.3 Å². The van der Waals surface area contributed by atoms with Crippen LogP contribution < -0.4 is 5.73 Å². The van der Waals surface area contributed by atoms with Crippen LogP contribution >= 0.6 is 0 Å². The average molecular weight is 302 g/mol. The maximum Gasteiger partial charge on any atom is 0.325 e. The molecule has 0 spiro atoms. The van der Waals surface area contributed by atoms with Crippen molar-refractivity contribution in [3.05, 3.63) is 35.7 Å². The Bertz CT molecular complexity index is 660. The molecule has 0 unspecified atom stereocenters. The second-order valence-corrected chi connectivity index (χ2v) is 5.31. The summed E-state index contributed by atoms with van der Waals surface area (Å²) in [6, 6.07) is 7.60. The molecule has 1 atom stereocenters. The van der Waals surface area contributed by atoms with Crippen molar-refractivity contribution >= 4 is 5.97 Å². The zero-order chi connectivity index (χ0) is 15.5. The molecule has 0 bridgehead atoms. The summed E-state index contributed by atoms with van der Waals surface area (Å²) in [7, 11) is 0. The van der Waals surface area contributed by atoms with Gasteiger partial charge in [0.15, 0.2) is 11.6 Å². The first-order chi connectivity index (χ1) is 10.7. The molecule has 1 aromatic heterocycles. The molecule has 0 saturated carbocycles. The summed E-state index contributed by atoms with van der Waals surface area (Å²) >= 11 is 0. The Morgan fingerprint density at radius 2 is 2.18 bits per heavy atom. The van der Waals surface area contributed by atoms with Crippen LogP contribution in [0.1, 0.15) is 23.7 Å². The first-order valence-electron chi connectivity index (χ1n) is 7.21. The van der Waals surface area contributed by atoms with Crippen LogP contribution in [0.25, 0.3) is 11.4 Å². The van der Waals surface area contributed by atoms with E-state index in [0.717, 1.165) is 17.5 Å². The van der Waals surface area contributed by atoms with Crippen LogP contribution in [0.2, 0.25) is 0 Å². The van der Waals surface area contributed by atoms with E-state index >= 15 is 0 Å². The Morgan fingerprint density at radius 3 is 2.77 bits per heavy atom. The summed E-state index contributed by atoms with van der Waals surface area (Å²) in [6.45, 7) is 1.53. The Balaban J connectivity index is 1.97. The van der Waals surface area contributed by atoms with E-state index in [2.05, 4.69) is 10.1 Å². The molecule has 1 fully saturated rings. The van der Waals surface area contributed by atoms with Gasteiger partial charge in [-0.15, -0.1) is 0 Å². The first-order valence-corrected chi connectivity index (χ1v) is 7.21. The van der Waals surface area contributed by atoms with Crippen LogP contribution in [0.4, 0.5) is 0 Å². The third-order valence-electron chi connectivity index (χ3n) is 3.72. The third kappa shape index (κ3) is 3.00. The van der Waals surface area contributed by atoms with Gasteiger partial charge in [-0.05, 0) is 12.0 Å². The lowest BCUT2D eigenvalue weighted by Gasteiger charge is -2.04. The molecule has 0 radical (unpaired) electrons. The number of carbonyl (C=O) groups is 1. The maximum atomic E-state index is 11.1. The van der Waals surface area contributed by atoms with Gasteiger partial charge in [-0.25, -0.2) is 9.67 Å². The van der Waals surface area contributed by atoms with Gasteiger partial charge >= 0.3 is 5.97 Å². The van der Waals surface area contributed by atoms with Gasteiger partial charge in [0.2, 0.25) is 0 Å². The van der Waals surface area contributed by atoms with Crippen molar-refractivity contribution in [1.29, 1.82) is 0 Å². The van der Waals surface area contributed by atoms with Gasteiger partial charge in [0.25, 0.3) is 0 Å². The zero-order valence-electron chi connectivity index (χ0n) is 12.1. The molecule has 1 aliphatic rings. The molecule has 7 heteroatoms. The van der Waals surface area contributed by atoms with Gasteiger partial charge in [0, 0.05) is 24.6 Å². The molecule has 22 heavy (non-hydrogen) atoms. The van der Waals surface area contributed by atoms with E-state index in [1.54, 1.807) is 0 Å². The maximum absolute atomic E-state index is 11.1. The van der Waals surface area contributed by atoms with Crippen molar-refractivity contribution in [3.8, 4) is 11.4 Å². The average Bonchev–Trinajstić information content (AvgIpc) is 3.16. The molecule has 1 saturated heterocycles. The number of carboxylic acid groups (broad SMARTS) is 1. The number of benzene rings is 1. The predicted molar refractivity (Wildman–Crippen MR) is 79.2 cm³/mol. The summed E-state index contributed by atoms with van der Waals surface area (Å²) in [5.74, 6) is 0.403. The zero-order valence-corrected chi connectivity index (χ0v) is 12.1. The minimum Gasteiger partial charge on any atom is -0.480 e. The van der Waals surface area contributed by atoms with Gasteiger partial charge in [-0.2, -0.15) is 5.10 Å². The number of nitrogens with zero attached hydrogens (tertiary/aromatic N) is 3. The highest BCUT2D eigenvalue weighted by Crippen LogP contribution is 2.26. The van der Waals surface area contributed by atoms with Crippen LogP contribution in [-0.4, -0.2) is 39.1 Å². The molecule has 3 N–H and O–H groups in total. The molecule has 2 heterocycles. The van der Waals surface area contributed by atoms with Gasteiger partial charge in [0.1, 0.15) is 6.54 Å². The van der Waals surface area contributed by atoms with E-state index < -0.39 is 5.97 Å². The smallest absolute Gasteiger partial charge is 0.325 e. The molecule has 1 aromatic carbocycles. The van der Waals surface area contributed by atoms with Gasteiger partial charge in [-0.3, -0.25) is 4.79 Å². The van der Waals surface area contributed by atoms with E-state index in [4.69, 9.17) is 15.6 Å². The molecule has 7 nitrogen and oxygen atoms in total. The number of rotatable bonds is 5. The monoisotopic (exact) mass is 302 g/mol. The number of hydrogen-bond donors (Lipinski definition) is 2. The topological polar surface area (TPSA) is 103 Å². The lowest BCUT2D eigenvalue weighted by molar-refractivity contribution is -0.137. The second-order valence-electron chi connectivity index (χ2n) is 5.31. The fraction of sp³-hybridized carbons (Fsp3) is 0.400. The Morgan fingerprint density at radius 1 is 1.41 bits per heavy atom. The minimum absolute atomic E-state index is 0.136. The van der Waals surface area contributed by atoms with E-state index in [9.17, 15) is 4.79 Å². The molecule has 0 aliphatic carbocycles.